The maximum absolute atomic E-state index is 12.6. The molecule has 2 unspecified atom stereocenters. The maximum atomic E-state index is 12.6. The molecule has 0 aliphatic carbocycles. The van der Waals surface area contributed by atoms with Crippen molar-refractivity contribution in [2.45, 2.75) is 71.4 Å². The van der Waals surface area contributed by atoms with Crippen LogP contribution in [-0.4, -0.2) is 61.1 Å². The van der Waals surface area contributed by atoms with Crippen LogP contribution >= 0.6 is 11.8 Å². The van der Waals surface area contributed by atoms with Gasteiger partial charge in [0, 0.05) is 6.92 Å². The molecule has 2 atom stereocenters. The first-order valence-electron chi connectivity index (χ1n) is 9.74. The predicted molar refractivity (Wildman–Crippen MR) is 109 cm³/mol. The number of nitrogens with one attached hydrogen (secondary N) is 2. The summed E-state index contributed by atoms with van der Waals surface area (Å²) in [6.45, 7) is 5.74. The molecule has 0 aromatic heterocycles. The van der Waals surface area contributed by atoms with E-state index in [-0.39, 0.29) is 25.5 Å². The van der Waals surface area contributed by atoms with Gasteiger partial charge in [-0.05, 0) is 31.3 Å². The molecule has 0 heterocycles. The maximum Gasteiger partial charge on any atom is 0.329 e. The van der Waals surface area contributed by atoms with Gasteiger partial charge in [-0.15, -0.1) is 0 Å². The number of unbranched alkanes of at least 4 members (excludes halogenated alkanes) is 2. The fourth-order valence-electron chi connectivity index (χ4n) is 2.19. The van der Waals surface area contributed by atoms with Crippen molar-refractivity contribution in [2.24, 2.45) is 0 Å². The molecule has 2 N–H and O–H groups in total. The Morgan fingerprint density at radius 1 is 0.929 bits per heavy atom. The summed E-state index contributed by atoms with van der Waals surface area (Å²) < 4.78 is 10.3. The van der Waals surface area contributed by atoms with Crippen LogP contribution in [0.2, 0.25) is 0 Å². The minimum atomic E-state index is -1.15. The van der Waals surface area contributed by atoms with E-state index in [2.05, 4.69) is 10.6 Å². The van der Waals surface area contributed by atoms with E-state index in [4.69, 9.17) is 9.47 Å². The highest BCUT2D eigenvalue weighted by molar-refractivity contribution is 7.98. The monoisotopic (exact) mass is 418 g/mol. The fourth-order valence-corrected chi connectivity index (χ4v) is 2.66. The molecule has 0 fully saturated rings. The topological polar surface area (TPSA) is 111 Å². The van der Waals surface area contributed by atoms with Gasteiger partial charge in [-0.1, -0.05) is 26.7 Å². The van der Waals surface area contributed by atoms with E-state index in [1.807, 2.05) is 20.1 Å². The van der Waals surface area contributed by atoms with E-state index in [0.29, 0.717) is 18.6 Å². The van der Waals surface area contributed by atoms with Crippen LogP contribution in [-0.2, 0) is 28.7 Å². The summed E-state index contributed by atoms with van der Waals surface area (Å²) in [6.07, 6.45) is 5.13. The van der Waals surface area contributed by atoms with Crippen molar-refractivity contribution in [1.29, 1.82) is 0 Å². The van der Waals surface area contributed by atoms with Crippen LogP contribution in [0.5, 0.6) is 0 Å². The van der Waals surface area contributed by atoms with E-state index in [9.17, 15) is 19.2 Å². The summed E-state index contributed by atoms with van der Waals surface area (Å²) in [7, 11) is 0. The predicted octanol–water partition coefficient (Wildman–Crippen LogP) is 1.81. The molecule has 0 saturated heterocycles. The Morgan fingerprint density at radius 2 is 1.54 bits per heavy atom. The Balaban J connectivity index is 5.02. The molecule has 0 aliphatic rings. The van der Waals surface area contributed by atoms with E-state index < -0.39 is 29.9 Å². The van der Waals surface area contributed by atoms with E-state index in [1.54, 1.807) is 0 Å². The summed E-state index contributed by atoms with van der Waals surface area (Å²) in [5.74, 6) is -1.47. The molecular formula is C19H34N2O6S. The van der Waals surface area contributed by atoms with Crippen molar-refractivity contribution < 1.29 is 28.7 Å². The molecule has 162 valence electrons. The molecular weight excluding hydrogens is 384 g/mol. The number of hydrogen-bond acceptors (Lipinski definition) is 7. The van der Waals surface area contributed by atoms with Crippen molar-refractivity contribution in [3.63, 3.8) is 0 Å². The van der Waals surface area contributed by atoms with E-state index in [0.717, 1.165) is 19.3 Å². The zero-order valence-corrected chi connectivity index (χ0v) is 18.2. The Hall–Kier alpha value is -1.77. The van der Waals surface area contributed by atoms with Crippen molar-refractivity contribution in [3.05, 3.63) is 0 Å². The van der Waals surface area contributed by atoms with Crippen LogP contribution in [0.1, 0.15) is 59.3 Å². The Labute approximate surface area is 171 Å². The zero-order valence-electron chi connectivity index (χ0n) is 17.4. The number of carbonyl (C=O) groups excluding carboxylic acids is 4. The molecule has 8 nitrogen and oxygen atoms in total. The zero-order chi connectivity index (χ0) is 21.4. The first-order chi connectivity index (χ1) is 13.3. The first kappa shape index (κ1) is 26.2. The van der Waals surface area contributed by atoms with Crippen molar-refractivity contribution >= 4 is 35.5 Å². The summed E-state index contributed by atoms with van der Waals surface area (Å²) in [4.78, 5) is 48.3. The van der Waals surface area contributed by atoms with Crippen LogP contribution in [0.25, 0.3) is 0 Å². The van der Waals surface area contributed by atoms with Gasteiger partial charge in [0.2, 0.25) is 11.8 Å². The summed E-state index contributed by atoms with van der Waals surface area (Å²) in [6, 6.07) is -1.93. The molecule has 0 aliphatic heterocycles. The minimum absolute atomic E-state index is 0.216. The van der Waals surface area contributed by atoms with Crippen molar-refractivity contribution in [1.82, 2.24) is 10.6 Å². The lowest BCUT2D eigenvalue weighted by Gasteiger charge is -2.22. The first-order valence-corrected chi connectivity index (χ1v) is 11.1. The average molecular weight is 419 g/mol. The minimum Gasteiger partial charge on any atom is -0.466 e. The molecule has 0 saturated carbocycles. The Bertz CT molecular complexity index is 501. The van der Waals surface area contributed by atoms with Crippen molar-refractivity contribution in [2.75, 3.05) is 25.2 Å². The number of carbonyl (C=O) groups is 4. The molecule has 0 bridgehead atoms. The number of esters is 2. The van der Waals surface area contributed by atoms with Crippen molar-refractivity contribution in [3.8, 4) is 0 Å². The molecule has 28 heavy (non-hydrogen) atoms. The van der Waals surface area contributed by atoms with Gasteiger partial charge in [-0.25, -0.2) is 4.79 Å². The number of rotatable bonds is 15. The summed E-state index contributed by atoms with van der Waals surface area (Å²) in [5.41, 5.74) is 0. The summed E-state index contributed by atoms with van der Waals surface area (Å²) >= 11 is 1.54. The second kappa shape index (κ2) is 16.2. The lowest BCUT2D eigenvalue weighted by atomic mass is 10.1. The Morgan fingerprint density at radius 3 is 2.07 bits per heavy atom. The SMILES string of the molecule is CCCCOC(=O)CC(NC(=O)C(CCSC)NC(C)=O)C(=O)OCCCC. The highest BCUT2D eigenvalue weighted by atomic mass is 32.2. The van der Waals surface area contributed by atoms with Gasteiger partial charge < -0.3 is 20.1 Å². The highest BCUT2D eigenvalue weighted by Gasteiger charge is 2.29. The lowest BCUT2D eigenvalue weighted by molar-refractivity contribution is -0.154. The van der Waals surface area contributed by atoms with Crippen LogP contribution in [0.15, 0.2) is 0 Å². The fraction of sp³-hybridized carbons (Fsp3) is 0.789. The molecule has 0 radical (unpaired) electrons. The molecule has 0 spiro atoms. The second-order valence-corrected chi connectivity index (χ2v) is 7.38. The van der Waals surface area contributed by atoms with Gasteiger partial charge >= 0.3 is 11.9 Å². The largest absolute Gasteiger partial charge is 0.466 e. The van der Waals surface area contributed by atoms with Gasteiger partial charge in [0.05, 0.1) is 19.6 Å². The molecule has 2 amide bonds. The third-order valence-electron chi connectivity index (χ3n) is 3.78. The van der Waals surface area contributed by atoms with Crippen LogP contribution in [0.4, 0.5) is 0 Å². The highest BCUT2D eigenvalue weighted by Crippen LogP contribution is 2.05. The van der Waals surface area contributed by atoms with Crippen LogP contribution < -0.4 is 10.6 Å². The Kier molecular flexibility index (Phi) is 15.2. The average Bonchev–Trinajstić information content (AvgIpc) is 2.64. The molecule has 0 rings (SSSR count). The van der Waals surface area contributed by atoms with Gasteiger partial charge in [0.15, 0.2) is 0 Å². The molecule has 0 aromatic rings. The van der Waals surface area contributed by atoms with Crippen LogP contribution in [0.3, 0.4) is 0 Å². The van der Waals surface area contributed by atoms with Gasteiger partial charge in [0.1, 0.15) is 12.1 Å². The van der Waals surface area contributed by atoms with E-state index in [1.165, 1.54) is 18.7 Å². The number of thioether (sulfide) groups is 1. The third-order valence-corrected chi connectivity index (χ3v) is 4.42. The number of ether oxygens (including phenoxy) is 2. The summed E-state index contributed by atoms with van der Waals surface area (Å²) in [5, 5.41) is 5.11. The van der Waals surface area contributed by atoms with E-state index >= 15 is 0 Å². The smallest absolute Gasteiger partial charge is 0.329 e. The van der Waals surface area contributed by atoms with Gasteiger partial charge in [-0.3, -0.25) is 14.4 Å². The number of hydrogen-bond donors (Lipinski definition) is 2. The van der Waals surface area contributed by atoms with Gasteiger partial charge in [0.25, 0.3) is 0 Å². The molecule has 9 heteroatoms. The van der Waals surface area contributed by atoms with Gasteiger partial charge in [-0.2, -0.15) is 11.8 Å². The second-order valence-electron chi connectivity index (χ2n) is 6.39. The normalized spacial score (nSPS) is 12.6. The van der Waals surface area contributed by atoms with Crippen LogP contribution in [0, 0.1) is 0 Å². The molecule has 0 aromatic carbocycles. The standard InChI is InChI=1S/C19H34N2O6S/c1-5-7-10-26-17(23)13-16(19(25)27-11-8-6-2)21-18(24)15(9-12-28-4)20-14(3)22/h15-16H,5-13H2,1-4H3,(H,20,22)(H,21,24). The quantitative estimate of drug-likeness (QED) is 0.308. The lowest BCUT2D eigenvalue weighted by Crippen LogP contribution is -2.52. The number of amides is 2. The third kappa shape index (κ3) is 12.6.